The van der Waals surface area contributed by atoms with Crippen molar-refractivity contribution in [3.05, 3.63) is 58.4 Å². The van der Waals surface area contributed by atoms with E-state index in [1.807, 2.05) is 30.3 Å². The molecule has 3 heterocycles. The van der Waals surface area contributed by atoms with E-state index in [2.05, 4.69) is 38.1 Å². The van der Waals surface area contributed by atoms with Crippen molar-refractivity contribution >= 4 is 38.6 Å². The minimum atomic E-state index is -0.246. The molecule has 140 valence electrons. The third kappa shape index (κ3) is 3.99. The van der Waals surface area contributed by atoms with Crippen LogP contribution in [0.3, 0.4) is 0 Å². The van der Waals surface area contributed by atoms with E-state index in [0.29, 0.717) is 24.5 Å². The molecule has 1 saturated heterocycles. The highest BCUT2D eigenvalue weighted by Crippen LogP contribution is 2.27. The highest BCUT2D eigenvalue weighted by Gasteiger charge is 2.18. The number of furan rings is 1. The Morgan fingerprint density at radius 2 is 2.26 bits per heavy atom. The maximum atomic E-state index is 12.4. The molecule has 1 N–H and O–H groups in total. The van der Waals surface area contributed by atoms with Crippen LogP contribution in [-0.2, 0) is 11.3 Å². The first-order chi connectivity index (χ1) is 13.1. The first-order valence-electron chi connectivity index (χ1n) is 8.88. The molecule has 7 heteroatoms. The number of carbonyl (C=O) groups is 1. The van der Waals surface area contributed by atoms with Crippen LogP contribution < -0.4 is 10.2 Å². The largest absolute Gasteiger partial charge is 0.450 e. The predicted octanol–water partition coefficient (Wildman–Crippen LogP) is 3.75. The van der Waals surface area contributed by atoms with E-state index in [1.54, 1.807) is 12.3 Å². The van der Waals surface area contributed by atoms with Gasteiger partial charge in [0.25, 0.3) is 5.91 Å². The summed E-state index contributed by atoms with van der Waals surface area (Å²) in [6.45, 7) is 4.85. The molecule has 1 aliphatic heterocycles. The number of rotatable bonds is 4. The summed E-state index contributed by atoms with van der Waals surface area (Å²) in [4.78, 5) is 19.1. The standard InChI is InChI=1S/C20H20BrN3O3/c1-13-12-24(7-8-26-13)18-6-5-14(10-22-18)11-23-20(25)17-9-15-3-2-4-16(21)19(15)27-17/h2-6,9-10,13H,7-8,11-12H2,1H3,(H,23,25). The topological polar surface area (TPSA) is 67.6 Å². The number of anilines is 1. The number of para-hydroxylation sites is 1. The average molecular weight is 430 g/mol. The van der Waals surface area contributed by atoms with Gasteiger partial charge in [0.05, 0.1) is 17.2 Å². The monoisotopic (exact) mass is 429 g/mol. The van der Waals surface area contributed by atoms with Gasteiger partial charge in [0.15, 0.2) is 5.76 Å². The van der Waals surface area contributed by atoms with Gasteiger partial charge in [0.2, 0.25) is 0 Å². The smallest absolute Gasteiger partial charge is 0.287 e. The minimum Gasteiger partial charge on any atom is -0.450 e. The molecule has 0 radical (unpaired) electrons. The zero-order valence-electron chi connectivity index (χ0n) is 14.9. The van der Waals surface area contributed by atoms with Crippen molar-refractivity contribution in [3.63, 3.8) is 0 Å². The Balaban J connectivity index is 1.39. The molecule has 27 heavy (non-hydrogen) atoms. The second-order valence-electron chi connectivity index (χ2n) is 6.60. The number of carbonyl (C=O) groups excluding carboxylic acids is 1. The van der Waals surface area contributed by atoms with Gasteiger partial charge in [-0.3, -0.25) is 4.79 Å². The van der Waals surface area contributed by atoms with Crippen LogP contribution in [0.25, 0.3) is 11.0 Å². The lowest BCUT2D eigenvalue weighted by atomic mass is 10.2. The Labute approximate surface area is 165 Å². The lowest BCUT2D eigenvalue weighted by Gasteiger charge is -2.32. The molecule has 1 atom stereocenters. The molecule has 1 amide bonds. The first kappa shape index (κ1) is 18.0. The summed E-state index contributed by atoms with van der Waals surface area (Å²) in [5.41, 5.74) is 1.61. The fourth-order valence-electron chi connectivity index (χ4n) is 3.14. The Bertz CT molecular complexity index is 955. The molecule has 0 saturated carbocycles. The van der Waals surface area contributed by atoms with Gasteiger partial charge in [-0.05, 0) is 46.6 Å². The van der Waals surface area contributed by atoms with Gasteiger partial charge < -0.3 is 19.4 Å². The second-order valence-corrected chi connectivity index (χ2v) is 7.46. The van der Waals surface area contributed by atoms with Crippen LogP contribution in [0, 0.1) is 0 Å². The molecule has 1 aliphatic rings. The maximum Gasteiger partial charge on any atom is 0.287 e. The molecule has 2 aromatic heterocycles. The summed E-state index contributed by atoms with van der Waals surface area (Å²) >= 11 is 3.43. The molecular formula is C20H20BrN3O3. The zero-order chi connectivity index (χ0) is 18.8. The lowest BCUT2D eigenvalue weighted by Crippen LogP contribution is -2.41. The number of nitrogens with one attached hydrogen (secondary N) is 1. The van der Waals surface area contributed by atoms with Gasteiger partial charge in [-0.25, -0.2) is 4.98 Å². The van der Waals surface area contributed by atoms with Gasteiger partial charge in [0.1, 0.15) is 11.4 Å². The van der Waals surface area contributed by atoms with Crippen LogP contribution in [0.2, 0.25) is 0 Å². The quantitative estimate of drug-likeness (QED) is 0.683. The first-order valence-corrected chi connectivity index (χ1v) is 9.67. The average Bonchev–Trinajstić information content (AvgIpc) is 3.12. The molecule has 6 nitrogen and oxygen atoms in total. The van der Waals surface area contributed by atoms with E-state index in [0.717, 1.165) is 34.3 Å². The van der Waals surface area contributed by atoms with Gasteiger partial charge in [0, 0.05) is 31.2 Å². The van der Waals surface area contributed by atoms with Gasteiger partial charge in [-0.1, -0.05) is 18.2 Å². The number of pyridine rings is 1. The molecule has 0 bridgehead atoms. The van der Waals surface area contributed by atoms with E-state index in [1.165, 1.54) is 0 Å². The molecular weight excluding hydrogens is 410 g/mol. The summed E-state index contributed by atoms with van der Waals surface area (Å²) in [6.07, 6.45) is 2.01. The zero-order valence-corrected chi connectivity index (χ0v) is 16.5. The van der Waals surface area contributed by atoms with Crippen LogP contribution in [0.15, 0.2) is 51.5 Å². The number of amides is 1. The second kappa shape index (κ2) is 7.70. The normalized spacial score (nSPS) is 17.3. The molecule has 3 aromatic rings. The minimum absolute atomic E-state index is 0.211. The Morgan fingerprint density at radius 3 is 3.00 bits per heavy atom. The number of aromatic nitrogens is 1. The number of fused-ring (bicyclic) bond motifs is 1. The molecule has 4 rings (SSSR count). The fourth-order valence-corrected chi connectivity index (χ4v) is 3.61. The number of hydrogen-bond acceptors (Lipinski definition) is 5. The van der Waals surface area contributed by atoms with Crippen molar-refractivity contribution in [2.24, 2.45) is 0 Å². The van der Waals surface area contributed by atoms with Crippen LogP contribution in [0.4, 0.5) is 5.82 Å². The number of hydrogen-bond donors (Lipinski definition) is 1. The van der Waals surface area contributed by atoms with E-state index in [-0.39, 0.29) is 12.0 Å². The molecule has 0 aliphatic carbocycles. The van der Waals surface area contributed by atoms with E-state index >= 15 is 0 Å². The highest BCUT2D eigenvalue weighted by molar-refractivity contribution is 9.10. The van der Waals surface area contributed by atoms with E-state index < -0.39 is 0 Å². The van der Waals surface area contributed by atoms with Crippen LogP contribution in [-0.4, -0.2) is 36.7 Å². The van der Waals surface area contributed by atoms with Gasteiger partial charge >= 0.3 is 0 Å². The van der Waals surface area contributed by atoms with Crippen LogP contribution >= 0.6 is 15.9 Å². The van der Waals surface area contributed by atoms with Gasteiger partial charge in [-0.2, -0.15) is 0 Å². The number of morpholine rings is 1. The molecule has 1 aromatic carbocycles. The van der Waals surface area contributed by atoms with Crippen molar-refractivity contribution in [1.82, 2.24) is 10.3 Å². The molecule has 1 fully saturated rings. The van der Waals surface area contributed by atoms with Crippen molar-refractivity contribution < 1.29 is 13.9 Å². The lowest BCUT2D eigenvalue weighted by molar-refractivity contribution is 0.0529. The van der Waals surface area contributed by atoms with Crippen molar-refractivity contribution in [2.45, 2.75) is 19.6 Å². The van der Waals surface area contributed by atoms with Crippen molar-refractivity contribution in [2.75, 3.05) is 24.6 Å². The third-order valence-electron chi connectivity index (χ3n) is 4.55. The van der Waals surface area contributed by atoms with Crippen LogP contribution in [0.1, 0.15) is 23.0 Å². The summed E-state index contributed by atoms with van der Waals surface area (Å²) in [5, 5.41) is 3.77. The Morgan fingerprint density at radius 1 is 1.37 bits per heavy atom. The third-order valence-corrected chi connectivity index (χ3v) is 5.17. The van der Waals surface area contributed by atoms with Gasteiger partial charge in [-0.15, -0.1) is 0 Å². The SMILES string of the molecule is CC1CN(c2ccc(CNC(=O)c3cc4cccc(Br)c4o3)cn2)CCO1. The highest BCUT2D eigenvalue weighted by atomic mass is 79.9. The maximum absolute atomic E-state index is 12.4. The molecule has 0 spiro atoms. The fraction of sp³-hybridized carbons (Fsp3) is 0.300. The Kier molecular flexibility index (Phi) is 5.13. The summed E-state index contributed by atoms with van der Waals surface area (Å²) < 4.78 is 12.1. The molecule has 1 unspecified atom stereocenters. The Hall–Kier alpha value is -2.38. The summed E-state index contributed by atoms with van der Waals surface area (Å²) in [7, 11) is 0. The predicted molar refractivity (Wildman–Crippen MR) is 107 cm³/mol. The number of halogens is 1. The number of ether oxygens (including phenoxy) is 1. The number of nitrogens with zero attached hydrogens (tertiary/aromatic N) is 2. The summed E-state index contributed by atoms with van der Waals surface area (Å²) in [6, 6.07) is 11.4. The van der Waals surface area contributed by atoms with Crippen molar-refractivity contribution in [3.8, 4) is 0 Å². The summed E-state index contributed by atoms with van der Waals surface area (Å²) in [5.74, 6) is 0.982. The van der Waals surface area contributed by atoms with Crippen molar-refractivity contribution in [1.29, 1.82) is 0 Å². The van der Waals surface area contributed by atoms with Crippen LogP contribution in [0.5, 0.6) is 0 Å². The number of benzene rings is 1. The van der Waals surface area contributed by atoms with E-state index in [9.17, 15) is 4.79 Å². The van der Waals surface area contributed by atoms with E-state index in [4.69, 9.17) is 9.15 Å².